The lowest BCUT2D eigenvalue weighted by atomic mass is 10.2. The van der Waals surface area contributed by atoms with Gasteiger partial charge in [-0.15, -0.1) is 0 Å². The van der Waals surface area contributed by atoms with Crippen LogP contribution in [0.5, 0.6) is 0 Å². The van der Waals surface area contributed by atoms with Crippen molar-refractivity contribution in [3.8, 4) is 0 Å². The van der Waals surface area contributed by atoms with E-state index in [2.05, 4.69) is 33.8 Å². The standard InChI is InChI=1S/C18H28N4O/c1-2-16-5-6-17(19-13-16)14-20-9-11-21(12-10-20)15-18(23)22-7-3-4-8-22/h5-6,13H,2-4,7-12,14-15H2,1H3. The van der Waals surface area contributed by atoms with E-state index in [9.17, 15) is 4.79 Å². The van der Waals surface area contributed by atoms with Crippen molar-refractivity contribution >= 4 is 5.91 Å². The van der Waals surface area contributed by atoms with Crippen molar-refractivity contribution in [3.05, 3.63) is 29.6 Å². The van der Waals surface area contributed by atoms with E-state index < -0.39 is 0 Å². The average Bonchev–Trinajstić information content (AvgIpc) is 3.12. The zero-order valence-electron chi connectivity index (χ0n) is 14.2. The van der Waals surface area contributed by atoms with Gasteiger partial charge < -0.3 is 4.90 Å². The Balaban J connectivity index is 1.41. The fourth-order valence-corrected chi connectivity index (χ4v) is 3.35. The molecule has 5 nitrogen and oxygen atoms in total. The van der Waals surface area contributed by atoms with Gasteiger partial charge in [-0.05, 0) is 30.9 Å². The first-order chi connectivity index (χ1) is 11.2. The molecule has 1 aromatic heterocycles. The molecular formula is C18H28N4O. The minimum absolute atomic E-state index is 0.313. The number of aryl methyl sites for hydroxylation is 1. The minimum Gasteiger partial charge on any atom is -0.342 e. The summed E-state index contributed by atoms with van der Waals surface area (Å²) in [6.07, 6.45) is 5.37. The number of hydrogen-bond donors (Lipinski definition) is 0. The molecule has 0 aliphatic carbocycles. The number of nitrogens with zero attached hydrogens (tertiary/aromatic N) is 4. The molecule has 0 N–H and O–H groups in total. The molecule has 0 atom stereocenters. The first kappa shape index (κ1) is 16.4. The molecule has 2 aliphatic heterocycles. The predicted molar refractivity (Wildman–Crippen MR) is 91.1 cm³/mol. The summed E-state index contributed by atoms with van der Waals surface area (Å²) in [5, 5.41) is 0. The average molecular weight is 316 g/mol. The van der Waals surface area contributed by atoms with E-state index in [0.29, 0.717) is 12.5 Å². The maximum Gasteiger partial charge on any atom is 0.236 e. The first-order valence-electron chi connectivity index (χ1n) is 8.91. The summed E-state index contributed by atoms with van der Waals surface area (Å²) in [6, 6.07) is 4.31. The molecule has 2 saturated heterocycles. The quantitative estimate of drug-likeness (QED) is 0.823. The van der Waals surface area contributed by atoms with Gasteiger partial charge in [-0.1, -0.05) is 13.0 Å². The molecule has 23 heavy (non-hydrogen) atoms. The van der Waals surface area contributed by atoms with Crippen molar-refractivity contribution in [2.45, 2.75) is 32.7 Å². The van der Waals surface area contributed by atoms with Gasteiger partial charge in [-0.3, -0.25) is 19.6 Å². The van der Waals surface area contributed by atoms with E-state index in [0.717, 1.165) is 57.9 Å². The summed E-state index contributed by atoms with van der Waals surface area (Å²) in [5.41, 5.74) is 2.43. The van der Waals surface area contributed by atoms with Crippen LogP contribution in [0, 0.1) is 0 Å². The van der Waals surface area contributed by atoms with Crippen LogP contribution in [0.25, 0.3) is 0 Å². The van der Waals surface area contributed by atoms with Crippen LogP contribution in [0.1, 0.15) is 31.0 Å². The third-order valence-corrected chi connectivity index (χ3v) is 4.96. The van der Waals surface area contributed by atoms with Gasteiger partial charge in [0.1, 0.15) is 0 Å². The molecule has 2 fully saturated rings. The second kappa shape index (κ2) is 7.88. The number of pyridine rings is 1. The normalized spacial score (nSPS) is 20.1. The summed E-state index contributed by atoms with van der Waals surface area (Å²) in [5.74, 6) is 0.313. The van der Waals surface area contributed by atoms with Crippen LogP contribution in [-0.4, -0.2) is 71.4 Å². The Bertz CT molecular complexity index is 502. The molecule has 5 heteroatoms. The summed E-state index contributed by atoms with van der Waals surface area (Å²) < 4.78 is 0. The number of aromatic nitrogens is 1. The van der Waals surface area contributed by atoms with Crippen molar-refractivity contribution in [1.82, 2.24) is 19.7 Å². The molecule has 0 saturated carbocycles. The van der Waals surface area contributed by atoms with Gasteiger partial charge in [-0.2, -0.15) is 0 Å². The van der Waals surface area contributed by atoms with Crippen molar-refractivity contribution < 1.29 is 4.79 Å². The monoisotopic (exact) mass is 316 g/mol. The Labute approximate surface area is 139 Å². The van der Waals surface area contributed by atoms with Gasteiger partial charge in [0, 0.05) is 52.0 Å². The highest BCUT2D eigenvalue weighted by molar-refractivity contribution is 5.78. The summed E-state index contributed by atoms with van der Waals surface area (Å²) >= 11 is 0. The second-order valence-electron chi connectivity index (χ2n) is 6.65. The van der Waals surface area contributed by atoms with Crippen LogP contribution < -0.4 is 0 Å². The van der Waals surface area contributed by atoms with E-state index in [1.165, 1.54) is 18.4 Å². The molecule has 1 amide bonds. The lowest BCUT2D eigenvalue weighted by molar-refractivity contribution is -0.131. The topological polar surface area (TPSA) is 39.7 Å². The van der Waals surface area contributed by atoms with Crippen LogP contribution >= 0.6 is 0 Å². The van der Waals surface area contributed by atoms with Crippen LogP contribution in [0.3, 0.4) is 0 Å². The smallest absolute Gasteiger partial charge is 0.236 e. The summed E-state index contributed by atoms with van der Waals surface area (Å²) in [7, 11) is 0. The Morgan fingerprint density at radius 1 is 1.04 bits per heavy atom. The number of carbonyl (C=O) groups is 1. The highest BCUT2D eigenvalue weighted by Crippen LogP contribution is 2.11. The summed E-state index contributed by atoms with van der Waals surface area (Å²) in [6.45, 7) is 9.57. The van der Waals surface area contributed by atoms with Crippen molar-refractivity contribution in [2.75, 3.05) is 45.8 Å². The molecule has 126 valence electrons. The zero-order chi connectivity index (χ0) is 16.1. The molecule has 0 spiro atoms. The highest BCUT2D eigenvalue weighted by Gasteiger charge is 2.23. The molecule has 3 heterocycles. The van der Waals surface area contributed by atoms with Gasteiger partial charge >= 0.3 is 0 Å². The maximum absolute atomic E-state index is 12.2. The Hall–Kier alpha value is -1.46. The van der Waals surface area contributed by atoms with Crippen molar-refractivity contribution in [2.24, 2.45) is 0 Å². The highest BCUT2D eigenvalue weighted by atomic mass is 16.2. The third-order valence-electron chi connectivity index (χ3n) is 4.96. The maximum atomic E-state index is 12.2. The molecule has 0 unspecified atom stereocenters. The minimum atomic E-state index is 0.313. The van der Waals surface area contributed by atoms with Crippen LogP contribution in [0.15, 0.2) is 18.3 Å². The second-order valence-corrected chi connectivity index (χ2v) is 6.65. The Morgan fingerprint density at radius 2 is 1.74 bits per heavy atom. The van der Waals surface area contributed by atoms with Crippen LogP contribution in [-0.2, 0) is 17.8 Å². The summed E-state index contributed by atoms with van der Waals surface area (Å²) in [4.78, 5) is 23.5. The molecule has 0 radical (unpaired) electrons. The fraction of sp³-hybridized carbons (Fsp3) is 0.667. The van der Waals surface area contributed by atoms with E-state index >= 15 is 0 Å². The molecule has 1 aromatic rings. The van der Waals surface area contributed by atoms with Crippen LogP contribution in [0.2, 0.25) is 0 Å². The van der Waals surface area contributed by atoms with Crippen LogP contribution in [0.4, 0.5) is 0 Å². The number of piperazine rings is 1. The third kappa shape index (κ3) is 4.52. The fourth-order valence-electron chi connectivity index (χ4n) is 3.35. The van der Waals surface area contributed by atoms with E-state index in [-0.39, 0.29) is 0 Å². The lowest BCUT2D eigenvalue weighted by Crippen LogP contribution is -2.49. The number of carbonyl (C=O) groups excluding carboxylic acids is 1. The van der Waals surface area contributed by atoms with Gasteiger partial charge in [0.15, 0.2) is 0 Å². The Kier molecular flexibility index (Phi) is 5.62. The Morgan fingerprint density at radius 3 is 2.35 bits per heavy atom. The van der Waals surface area contributed by atoms with E-state index in [4.69, 9.17) is 0 Å². The number of amides is 1. The molecule has 3 rings (SSSR count). The van der Waals surface area contributed by atoms with Gasteiger partial charge in [-0.25, -0.2) is 0 Å². The molecule has 0 bridgehead atoms. The van der Waals surface area contributed by atoms with Crippen molar-refractivity contribution in [3.63, 3.8) is 0 Å². The lowest BCUT2D eigenvalue weighted by Gasteiger charge is -2.34. The van der Waals surface area contributed by atoms with E-state index in [1.807, 2.05) is 11.1 Å². The molecular weight excluding hydrogens is 288 g/mol. The largest absolute Gasteiger partial charge is 0.342 e. The predicted octanol–water partition coefficient (Wildman–Crippen LogP) is 1.38. The van der Waals surface area contributed by atoms with E-state index in [1.54, 1.807) is 0 Å². The number of hydrogen-bond acceptors (Lipinski definition) is 4. The molecule has 0 aromatic carbocycles. The zero-order valence-corrected chi connectivity index (χ0v) is 14.2. The molecule has 2 aliphatic rings. The first-order valence-corrected chi connectivity index (χ1v) is 8.91. The van der Waals surface area contributed by atoms with Crippen molar-refractivity contribution in [1.29, 1.82) is 0 Å². The van der Waals surface area contributed by atoms with Gasteiger partial charge in [0.05, 0.1) is 12.2 Å². The number of likely N-dealkylation sites (tertiary alicyclic amines) is 1. The number of rotatable bonds is 5. The SMILES string of the molecule is CCc1ccc(CN2CCN(CC(=O)N3CCCC3)CC2)nc1. The van der Waals surface area contributed by atoms with Gasteiger partial charge in [0.25, 0.3) is 0 Å². The van der Waals surface area contributed by atoms with Gasteiger partial charge in [0.2, 0.25) is 5.91 Å².